The first-order chi connectivity index (χ1) is 9.52. The van der Waals surface area contributed by atoms with Crippen LogP contribution in [-0.2, 0) is 16.0 Å². The number of ether oxygens (including phenoxy) is 2. The van der Waals surface area contributed by atoms with Crippen LogP contribution in [0.5, 0.6) is 5.75 Å². The Morgan fingerprint density at radius 2 is 2.10 bits per heavy atom. The number of hydrogen-bond donors (Lipinski definition) is 1. The lowest BCUT2D eigenvalue weighted by Crippen LogP contribution is -2.42. The molecule has 1 unspecified atom stereocenters. The summed E-state index contributed by atoms with van der Waals surface area (Å²) in [5.41, 5.74) is 2.42. The zero-order valence-electron chi connectivity index (χ0n) is 12.6. The molecule has 0 fully saturated rings. The molecule has 1 aliphatic rings. The number of fused-ring (bicyclic) bond motifs is 1. The van der Waals surface area contributed by atoms with Crippen LogP contribution in [0, 0.1) is 5.92 Å². The van der Waals surface area contributed by atoms with Crippen molar-refractivity contribution in [2.75, 3.05) is 13.7 Å². The van der Waals surface area contributed by atoms with Gasteiger partial charge >= 0.3 is 5.97 Å². The SMILES string of the molecule is COC(=O)[C@@H](NC(C)c1ccc2c(c1)CCO2)C(C)C. The Labute approximate surface area is 120 Å². The number of esters is 1. The molecule has 2 atom stereocenters. The summed E-state index contributed by atoms with van der Waals surface area (Å²) in [4.78, 5) is 11.8. The first-order valence-electron chi connectivity index (χ1n) is 7.12. The third kappa shape index (κ3) is 3.12. The molecule has 0 saturated heterocycles. The van der Waals surface area contributed by atoms with Crippen LogP contribution in [0.25, 0.3) is 0 Å². The fourth-order valence-electron chi connectivity index (χ4n) is 2.50. The molecule has 0 radical (unpaired) electrons. The van der Waals surface area contributed by atoms with Crippen LogP contribution in [0.3, 0.4) is 0 Å². The average Bonchev–Trinajstić information content (AvgIpc) is 2.90. The van der Waals surface area contributed by atoms with Gasteiger partial charge in [-0.3, -0.25) is 10.1 Å². The van der Waals surface area contributed by atoms with Gasteiger partial charge in [0, 0.05) is 12.5 Å². The van der Waals surface area contributed by atoms with Crippen molar-refractivity contribution in [3.05, 3.63) is 29.3 Å². The van der Waals surface area contributed by atoms with E-state index in [1.54, 1.807) is 0 Å². The van der Waals surface area contributed by atoms with Gasteiger partial charge in [0.25, 0.3) is 0 Å². The molecule has 0 amide bonds. The van der Waals surface area contributed by atoms with Gasteiger partial charge in [-0.05, 0) is 30.0 Å². The molecule has 0 bridgehead atoms. The topological polar surface area (TPSA) is 47.6 Å². The summed E-state index contributed by atoms with van der Waals surface area (Å²) in [6.45, 7) is 6.85. The number of rotatable bonds is 5. The summed E-state index contributed by atoms with van der Waals surface area (Å²) in [6.07, 6.45) is 0.959. The Morgan fingerprint density at radius 1 is 1.35 bits per heavy atom. The monoisotopic (exact) mass is 277 g/mol. The Bertz CT molecular complexity index is 485. The third-order valence-corrected chi connectivity index (χ3v) is 3.76. The summed E-state index contributed by atoms with van der Waals surface area (Å²) in [7, 11) is 1.43. The molecule has 0 spiro atoms. The van der Waals surface area contributed by atoms with Crippen LogP contribution in [0.4, 0.5) is 0 Å². The lowest BCUT2D eigenvalue weighted by molar-refractivity contribution is -0.144. The maximum absolute atomic E-state index is 11.8. The fraction of sp³-hybridized carbons (Fsp3) is 0.562. The van der Waals surface area contributed by atoms with E-state index in [-0.39, 0.29) is 24.0 Å². The van der Waals surface area contributed by atoms with Gasteiger partial charge in [-0.2, -0.15) is 0 Å². The summed E-state index contributed by atoms with van der Waals surface area (Å²) in [5.74, 6) is 0.952. The molecular weight excluding hydrogens is 254 g/mol. The van der Waals surface area contributed by atoms with Gasteiger partial charge in [0.2, 0.25) is 0 Å². The Morgan fingerprint density at radius 3 is 2.75 bits per heavy atom. The maximum Gasteiger partial charge on any atom is 0.323 e. The van der Waals surface area contributed by atoms with Crippen LogP contribution in [-0.4, -0.2) is 25.7 Å². The van der Waals surface area contributed by atoms with Gasteiger partial charge in [0.05, 0.1) is 13.7 Å². The molecule has 0 saturated carbocycles. The molecule has 1 heterocycles. The minimum Gasteiger partial charge on any atom is -0.493 e. The Kier molecular flexibility index (Phi) is 4.65. The van der Waals surface area contributed by atoms with E-state index in [2.05, 4.69) is 24.4 Å². The molecule has 1 N–H and O–H groups in total. The molecular formula is C16H23NO3. The van der Waals surface area contributed by atoms with E-state index in [0.717, 1.165) is 18.8 Å². The van der Waals surface area contributed by atoms with E-state index in [4.69, 9.17) is 9.47 Å². The van der Waals surface area contributed by atoms with E-state index < -0.39 is 0 Å². The molecule has 4 heteroatoms. The van der Waals surface area contributed by atoms with E-state index in [0.29, 0.717) is 0 Å². The number of carbonyl (C=O) groups is 1. The summed E-state index contributed by atoms with van der Waals surface area (Å²) >= 11 is 0. The van der Waals surface area contributed by atoms with Crippen LogP contribution in [0.1, 0.15) is 37.9 Å². The van der Waals surface area contributed by atoms with Crippen molar-refractivity contribution in [2.45, 2.75) is 39.3 Å². The standard InChI is InChI=1S/C16H23NO3/c1-10(2)15(16(18)19-4)17-11(3)12-5-6-14-13(9-12)7-8-20-14/h5-6,9-11,15,17H,7-8H2,1-4H3/t11?,15-/m0/s1. The molecule has 1 aromatic rings. The largest absolute Gasteiger partial charge is 0.493 e. The highest BCUT2D eigenvalue weighted by Gasteiger charge is 2.25. The minimum atomic E-state index is -0.292. The van der Waals surface area contributed by atoms with Gasteiger partial charge in [-0.1, -0.05) is 26.0 Å². The van der Waals surface area contributed by atoms with Gasteiger partial charge in [0.1, 0.15) is 11.8 Å². The second kappa shape index (κ2) is 6.27. The second-order valence-corrected chi connectivity index (χ2v) is 5.60. The number of methoxy groups -OCH3 is 1. The number of hydrogen-bond acceptors (Lipinski definition) is 4. The van der Waals surface area contributed by atoms with Crippen molar-refractivity contribution in [3.63, 3.8) is 0 Å². The van der Waals surface area contributed by atoms with Crippen molar-refractivity contribution >= 4 is 5.97 Å². The lowest BCUT2D eigenvalue weighted by Gasteiger charge is -2.24. The van der Waals surface area contributed by atoms with Crippen LogP contribution >= 0.6 is 0 Å². The second-order valence-electron chi connectivity index (χ2n) is 5.60. The smallest absolute Gasteiger partial charge is 0.323 e. The molecule has 0 aromatic heterocycles. The highest BCUT2D eigenvalue weighted by molar-refractivity contribution is 5.76. The van der Waals surface area contributed by atoms with E-state index >= 15 is 0 Å². The average molecular weight is 277 g/mol. The van der Waals surface area contributed by atoms with E-state index in [9.17, 15) is 4.79 Å². The molecule has 1 aromatic carbocycles. The highest BCUT2D eigenvalue weighted by Crippen LogP contribution is 2.28. The van der Waals surface area contributed by atoms with Crippen molar-refractivity contribution in [3.8, 4) is 5.75 Å². The van der Waals surface area contributed by atoms with Crippen molar-refractivity contribution in [1.82, 2.24) is 5.32 Å². The lowest BCUT2D eigenvalue weighted by atomic mass is 9.99. The Balaban J connectivity index is 2.10. The fourth-order valence-corrected chi connectivity index (χ4v) is 2.50. The van der Waals surface area contributed by atoms with E-state index in [1.165, 1.54) is 18.2 Å². The van der Waals surface area contributed by atoms with Gasteiger partial charge in [-0.25, -0.2) is 0 Å². The number of carbonyl (C=O) groups excluding carboxylic acids is 1. The van der Waals surface area contributed by atoms with Gasteiger partial charge in [-0.15, -0.1) is 0 Å². The highest BCUT2D eigenvalue weighted by atomic mass is 16.5. The minimum absolute atomic E-state index is 0.0902. The molecule has 20 heavy (non-hydrogen) atoms. The predicted octanol–water partition coefficient (Wildman–Crippen LogP) is 2.47. The normalized spacial score (nSPS) is 16.4. The zero-order valence-corrected chi connectivity index (χ0v) is 12.6. The maximum atomic E-state index is 11.8. The Hall–Kier alpha value is -1.55. The third-order valence-electron chi connectivity index (χ3n) is 3.76. The van der Waals surface area contributed by atoms with Crippen molar-refractivity contribution < 1.29 is 14.3 Å². The predicted molar refractivity (Wildman–Crippen MR) is 77.8 cm³/mol. The van der Waals surface area contributed by atoms with Gasteiger partial charge in [0.15, 0.2) is 0 Å². The number of nitrogens with one attached hydrogen (secondary N) is 1. The van der Waals surface area contributed by atoms with Gasteiger partial charge < -0.3 is 9.47 Å². The van der Waals surface area contributed by atoms with Crippen LogP contribution in [0.15, 0.2) is 18.2 Å². The summed E-state index contributed by atoms with van der Waals surface area (Å²) in [6, 6.07) is 6.02. The van der Waals surface area contributed by atoms with Crippen molar-refractivity contribution in [1.29, 1.82) is 0 Å². The molecule has 4 nitrogen and oxygen atoms in total. The first kappa shape index (κ1) is 14.9. The van der Waals surface area contributed by atoms with Crippen LogP contribution in [0.2, 0.25) is 0 Å². The summed E-state index contributed by atoms with van der Waals surface area (Å²) < 4.78 is 10.4. The zero-order chi connectivity index (χ0) is 14.7. The van der Waals surface area contributed by atoms with E-state index in [1.807, 2.05) is 19.9 Å². The van der Waals surface area contributed by atoms with Crippen molar-refractivity contribution in [2.24, 2.45) is 5.92 Å². The summed E-state index contributed by atoms with van der Waals surface area (Å²) in [5, 5.41) is 3.36. The molecule has 2 rings (SSSR count). The molecule has 110 valence electrons. The quantitative estimate of drug-likeness (QED) is 0.840. The van der Waals surface area contributed by atoms with Crippen LogP contribution < -0.4 is 10.1 Å². The first-order valence-corrected chi connectivity index (χ1v) is 7.12. The molecule has 0 aliphatic carbocycles. The molecule has 1 aliphatic heterocycles. The number of benzene rings is 1.